The van der Waals surface area contributed by atoms with Crippen LogP contribution in [0.1, 0.15) is 11.1 Å². The minimum Gasteiger partial charge on any atom is -0.383 e. The number of ether oxygens (including phenoxy) is 1. The number of rotatable bonds is 9. The van der Waals surface area contributed by atoms with Gasteiger partial charge in [-0.25, -0.2) is 4.39 Å². The summed E-state index contributed by atoms with van der Waals surface area (Å²) >= 11 is 0. The molecule has 0 fully saturated rings. The van der Waals surface area contributed by atoms with E-state index in [-0.39, 0.29) is 29.8 Å². The molecular weight excluding hydrogens is 496 g/mol. The average molecular weight is 525 g/mol. The molecule has 162 valence electrons. The van der Waals surface area contributed by atoms with Crippen molar-refractivity contribution in [3.8, 4) is 0 Å². The van der Waals surface area contributed by atoms with E-state index in [1.807, 2.05) is 12.3 Å². The number of nitrogens with zero attached hydrogens (tertiary/aromatic N) is 1. The average Bonchev–Trinajstić information content (AvgIpc) is 3.13. The fraction of sp³-hybridized carbons (Fsp3) is 0.318. The Kier molecular flexibility index (Phi) is 9.88. The summed E-state index contributed by atoms with van der Waals surface area (Å²) in [6.45, 7) is 2.88. The highest BCUT2D eigenvalue weighted by atomic mass is 127. The van der Waals surface area contributed by atoms with Crippen molar-refractivity contribution in [2.24, 2.45) is 4.99 Å². The Labute approximate surface area is 193 Å². The van der Waals surface area contributed by atoms with Gasteiger partial charge in [0.2, 0.25) is 0 Å². The molecule has 6 nitrogen and oxygen atoms in total. The zero-order valence-electron chi connectivity index (χ0n) is 17.3. The summed E-state index contributed by atoms with van der Waals surface area (Å²) in [6, 6.07) is 13.1. The highest BCUT2D eigenvalue weighted by Crippen LogP contribution is 2.19. The van der Waals surface area contributed by atoms with Gasteiger partial charge in [0.05, 0.1) is 6.61 Å². The molecular formula is C22H29FIN5O. The second-order valence-electron chi connectivity index (χ2n) is 6.72. The van der Waals surface area contributed by atoms with Gasteiger partial charge in [0.15, 0.2) is 5.96 Å². The molecule has 0 radical (unpaired) electrons. The van der Waals surface area contributed by atoms with Gasteiger partial charge in [0.1, 0.15) is 5.82 Å². The van der Waals surface area contributed by atoms with Crippen molar-refractivity contribution < 1.29 is 9.13 Å². The van der Waals surface area contributed by atoms with Crippen LogP contribution in [0.3, 0.4) is 0 Å². The second-order valence-corrected chi connectivity index (χ2v) is 6.72. The standard InChI is InChI=1S/C22H28FN5O.HI/c1-24-22(28-14-16-3-6-19(7-4-16)25-11-12-29-2)26-10-9-17-15-27-21-13-18(23)5-8-20(17)21;/h3-8,13,15,25,27H,9-12,14H2,1-2H3,(H2,24,26,28);1H. The van der Waals surface area contributed by atoms with Gasteiger partial charge in [-0.3, -0.25) is 4.99 Å². The quantitative estimate of drug-likeness (QED) is 0.148. The number of anilines is 1. The summed E-state index contributed by atoms with van der Waals surface area (Å²) in [6.07, 6.45) is 2.75. The first-order valence-electron chi connectivity index (χ1n) is 9.71. The lowest BCUT2D eigenvalue weighted by Crippen LogP contribution is -2.37. The van der Waals surface area contributed by atoms with Crippen LogP contribution in [0, 0.1) is 5.82 Å². The number of guanidine groups is 1. The fourth-order valence-electron chi connectivity index (χ4n) is 3.13. The lowest BCUT2D eigenvalue weighted by molar-refractivity contribution is 0.211. The minimum atomic E-state index is -0.229. The second kappa shape index (κ2) is 12.4. The molecule has 0 aliphatic carbocycles. The predicted molar refractivity (Wildman–Crippen MR) is 132 cm³/mol. The molecule has 0 bridgehead atoms. The van der Waals surface area contributed by atoms with Crippen LogP contribution in [0.15, 0.2) is 53.7 Å². The summed E-state index contributed by atoms with van der Waals surface area (Å²) in [5.74, 6) is 0.519. The molecule has 0 aliphatic rings. The van der Waals surface area contributed by atoms with Crippen molar-refractivity contribution in [2.45, 2.75) is 13.0 Å². The number of H-pyrrole nitrogens is 1. The number of aromatic nitrogens is 1. The van der Waals surface area contributed by atoms with Crippen molar-refractivity contribution in [1.82, 2.24) is 15.6 Å². The third kappa shape index (κ3) is 6.88. The molecule has 0 unspecified atom stereocenters. The smallest absolute Gasteiger partial charge is 0.191 e. The topological polar surface area (TPSA) is 73.5 Å². The van der Waals surface area contributed by atoms with Gasteiger partial charge in [-0.05, 0) is 47.9 Å². The highest BCUT2D eigenvalue weighted by Gasteiger charge is 2.05. The van der Waals surface area contributed by atoms with Gasteiger partial charge < -0.3 is 25.7 Å². The van der Waals surface area contributed by atoms with Crippen LogP contribution in [0.25, 0.3) is 10.9 Å². The van der Waals surface area contributed by atoms with Crippen LogP contribution in [0.4, 0.5) is 10.1 Å². The molecule has 1 heterocycles. The Morgan fingerprint density at radius 3 is 2.63 bits per heavy atom. The van der Waals surface area contributed by atoms with Crippen LogP contribution in [-0.2, 0) is 17.7 Å². The summed E-state index contributed by atoms with van der Waals surface area (Å²) in [4.78, 5) is 7.40. The number of hydrogen-bond donors (Lipinski definition) is 4. The zero-order chi connectivity index (χ0) is 20.5. The van der Waals surface area contributed by atoms with E-state index in [0.717, 1.165) is 47.6 Å². The third-order valence-electron chi connectivity index (χ3n) is 4.69. The Bertz CT molecular complexity index is 942. The highest BCUT2D eigenvalue weighted by molar-refractivity contribution is 14.0. The number of benzene rings is 2. The van der Waals surface area contributed by atoms with E-state index < -0.39 is 0 Å². The summed E-state index contributed by atoms with van der Waals surface area (Å²) in [5.41, 5.74) is 4.22. The van der Waals surface area contributed by atoms with Gasteiger partial charge in [0, 0.05) is 56.6 Å². The summed E-state index contributed by atoms with van der Waals surface area (Å²) in [7, 11) is 3.45. The Morgan fingerprint density at radius 1 is 1.10 bits per heavy atom. The lowest BCUT2D eigenvalue weighted by atomic mass is 10.1. The van der Waals surface area contributed by atoms with Crippen molar-refractivity contribution in [3.63, 3.8) is 0 Å². The Balaban J connectivity index is 0.00000320. The third-order valence-corrected chi connectivity index (χ3v) is 4.69. The molecule has 30 heavy (non-hydrogen) atoms. The number of aliphatic imine (C=N–C) groups is 1. The van der Waals surface area contributed by atoms with Gasteiger partial charge >= 0.3 is 0 Å². The Morgan fingerprint density at radius 2 is 1.90 bits per heavy atom. The molecule has 0 amide bonds. The first kappa shape index (κ1) is 23.9. The van der Waals surface area contributed by atoms with Crippen molar-refractivity contribution in [2.75, 3.05) is 39.2 Å². The lowest BCUT2D eigenvalue weighted by Gasteiger charge is -2.12. The first-order valence-corrected chi connectivity index (χ1v) is 9.71. The number of halogens is 2. The zero-order valence-corrected chi connectivity index (χ0v) is 19.6. The van der Waals surface area contributed by atoms with Crippen molar-refractivity contribution in [1.29, 1.82) is 0 Å². The maximum atomic E-state index is 13.3. The minimum absolute atomic E-state index is 0. The largest absolute Gasteiger partial charge is 0.383 e. The van der Waals surface area contributed by atoms with Gasteiger partial charge in [-0.1, -0.05) is 12.1 Å². The van der Waals surface area contributed by atoms with Crippen LogP contribution in [0.2, 0.25) is 0 Å². The maximum absolute atomic E-state index is 13.3. The molecule has 0 saturated carbocycles. The van der Waals surface area contributed by atoms with E-state index in [0.29, 0.717) is 13.2 Å². The van der Waals surface area contributed by atoms with Crippen LogP contribution in [-0.4, -0.2) is 44.8 Å². The molecule has 0 atom stereocenters. The molecule has 3 rings (SSSR count). The number of methoxy groups -OCH3 is 1. The van der Waals surface area contributed by atoms with E-state index in [1.165, 1.54) is 17.7 Å². The van der Waals surface area contributed by atoms with Crippen LogP contribution < -0.4 is 16.0 Å². The molecule has 3 aromatic rings. The van der Waals surface area contributed by atoms with Gasteiger partial charge in [-0.2, -0.15) is 0 Å². The van der Waals surface area contributed by atoms with E-state index >= 15 is 0 Å². The number of fused-ring (bicyclic) bond motifs is 1. The Hall–Kier alpha value is -2.33. The predicted octanol–water partition coefficient (Wildman–Crippen LogP) is 3.89. The molecule has 0 saturated heterocycles. The number of hydrogen-bond acceptors (Lipinski definition) is 3. The SMILES string of the molecule is CN=C(NCCc1c[nH]c2cc(F)ccc12)NCc1ccc(NCCOC)cc1.I. The van der Waals surface area contributed by atoms with Crippen molar-refractivity contribution >= 4 is 46.5 Å². The molecule has 1 aromatic heterocycles. The summed E-state index contributed by atoms with van der Waals surface area (Å²) in [5, 5.41) is 11.0. The number of nitrogens with one attached hydrogen (secondary N) is 4. The van der Waals surface area contributed by atoms with E-state index in [9.17, 15) is 4.39 Å². The summed E-state index contributed by atoms with van der Waals surface area (Å²) < 4.78 is 18.3. The number of aromatic amines is 1. The van der Waals surface area contributed by atoms with E-state index in [1.54, 1.807) is 14.2 Å². The molecule has 0 aliphatic heterocycles. The van der Waals surface area contributed by atoms with Gasteiger partial charge in [-0.15, -0.1) is 24.0 Å². The van der Waals surface area contributed by atoms with Crippen LogP contribution >= 0.6 is 24.0 Å². The molecule has 8 heteroatoms. The molecule has 2 aromatic carbocycles. The normalized spacial score (nSPS) is 11.2. The molecule has 0 spiro atoms. The molecule has 4 N–H and O–H groups in total. The van der Waals surface area contributed by atoms with E-state index in [4.69, 9.17) is 4.74 Å². The van der Waals surface area contributed by atoms with Gasteiger partial charge in [0.25, 0.3) is 0 Å². The maximum Gasteiger partial charge on any atom is 0.191 e. The monoisotopic (exact) mass is 525 g/mol. The fourth-order valence-corrected chi connectivity index (χ4v) is 3.13. The van der Waals surface area contributed by atoms with E-state index in [2.05, 4.69) is 50.2 Å². The first-order chi connectivity index (χ1) is 14.2. The van der Waals surface area contributed by atoms with Crippen molar-refractivity contribution in [3.05, 3.63) is 65.6 Å². The van der Waals surface area contributed by atoms with Crippen LogP contribution in [0.5, 0.6) is 0 Å².